The van der Waals surface area contributed by atoms with Crippen molar-refractivity contribution in [2.75, 3.05) is 5.32 Å². The predicted octanol–water partition coefficient (Wildman–Crippen LogP) is 3.59. The van der Waals surface area contributed by atoms with Gasteiger partial charge in [0.15, 0.2) is 0 Å². The lowest BCUT2D eigenvalue weighted by atomic mass is 10.3. The number of anilines is 1. The molecule has 0 spiro atoms. The molecule has 0 radical (unpaired) electrons. The number of hydrogen-bond donors (Lipinski definition) is 1. The van der Waals surface area contributed by atoms with Gasteiger partial charge < -0.3 is 9.88 Å². The molecule has 2 aromatic rings. The maximum absolute atomic E-state index is 4.23. The minimum atomic E-state index is 0.688. The molecule has 0 aliphatic heterocycles. The van der Waals surface area contributed by atoms with Crippen molar-refractivity contribution in [2.45, 2.75) is 25.4 Å². The van der Waals surface area contributed by atoms with Crippen molar-refractivity contribution in [3.8, 4) is 0 Å². The van der Waals surface area contributed by atoms with E-state index in [9.17, 15) is 0 Å². The van der Waals surface area contributed by atoms with Crippen LogP contribution >= 0.6 is 15.9 Å². The Bertz CT molecular complexity index is 517. The summed E-state index contributed by atoms with van der Waals surface area (Å²) in [5.74, 6) is 0. The van der Waals surface area contributed by atoms with Crippen LogP contribution in [0.5, 0.6) is 0 Å². The number of nitrogens with one attached hydrogen (secondary N) is 1. The van der Waals surface area contributed by atoms with E-state index < -0.39 is 0 Å². The first-order chi connectivity index (χ1) is 8.34. The lowest BCUT2D eigenvalue weighted by Crippen LogP contribution is -2.06. The third-order valence-electron chi connectivity index (χ3n) is 3.02. The van der Waals surface area contributed by atoms with Gasteiger partial charge >= 0.3 is 0 Å². The van der Waals surface area contributed by atoms with Crippen LogP contribution in [0.2, 0.25) is 0 Å². The third-order valence-corrected chi connectivity index (χ3v) is 3.71. The van der Waals surface area contributed by atoms with Gasteiger partial charge in [0.25, 0.3) is 0 Å². The number of imidazole rings is 1. The summed E-state index contributed by atoms with van der Waals surface area (Å²) in [6.45, 7) is 0.819. The summed E-state index contributed by atoms with van der Waals surface area (Å²) in [6, 6.07) is 8.85. The maximum atomic E-state index is 4.23. The highest BCUT2D eigenvalue weighted by Gasteiger charge is 2.24. The molecule has 0 unspecified atom stereocenters. The van der Waals surface area contributed by atoms with Crippen LogP contribution in [-0.4, -0.2) is 9.55 Å². The highest BCUT2D eigenvalue weighted by molar-refractivity contribution is 9.10. The molecule has 1 aromatic heterocycles. The van der Waals surface area contributed by atoms with E-state index in [0.717, 1.165) is 16.7 Å². The summed E-state index contributed by atoms with van der Waals surface area (Å²) in [5, 5.41) is 3.43. The second-order valence-electron chi connectivity index (χ2n) is 4.36. The van der Waals surface area contributed by atoms with E-state index in [1.165, 1.54) is 18.5 Å². The van der Waals surface area contributed by atoms with Crippen molar-refractivity contribution in [3.05, 3.63) is 47.0 Å². The molecule has 1 aliphatic rings. The SMILES string of the molecule is Brc1ccccc1NCc1cncn1C1CC1. The Labute approximate surface area is 109 Å². The average Bonchev–Trinajstić information content (AvgIpc) is 3.08. The van der Waals surface area contributed by atoms with Crippen molar-refractivity contribution in [3.63, 3.8) is 0 Å². The fraction of sp³-hybridized carbons (Fsp3) is 0.308. The maximum Gasteiger partial charge on any atom is 0.0951 e. The number of hydrogen-bond acceptors (Lipinski definition) is 2. The Kier molecular flexibility index (Phi) is 2.89. The number of nitrogens with zero attached hydrogens (tertiary/aromatic N) is 2. The molecule has 1 fully saturated rings. The third kappa shape index (κ3) is 2.36. The Morgan fingerprint density at radius 1 is 1.35 bits per heavy atom. The van der Waals surface area contributed by atoms with Gasteiger partial charge in [0.1, 0.15) is 0 Å². The molecule has 1 aromatic carbocycles. The van der Waals surface area contributed by atoms with Crippen LogP contribution < -0.4 is 5.32 Å². The fourth-order valence-corrected chi connectivity index (χ4v) is 2.37. The first-order valence-electron chi connectivity index (χ1n) is 5.84. The number of rotatable bonds is 4. The van der Waals surface area contributed by atoms with Crippen molar-refractivity contribution >= 4 is 21.6 Å². The molecule has 0 atom stereocenters. The van der Waals surface area contributed by atoms with Gasteiger partial charge in [-0.15, -0.1) is 0 Å². The molecule has 1 aliphatic carbocycles. The quantitative estimate of drug-likeness (QED) is 0.933. The van der Waals surface area contributed by atoms with Crippen LogP contribution in [0.4, 0.5) is 5.69 Å². The standard InChI is InChI=1S/C13H14BrN3/c14-12-3-1-2-4-13(12)16-8-11-7-15-9-17(11)10-5-6-10/h1-4,7,9-10,16H,5-6,8H2. The van der Waals surface area contributed by atoms with E-state index in [1.807, 2.05) is 30.7 Å². The zero-order valence-electron chi connectivity index (χ0n) is 9.44. The first-order valence-corrected chi connectivity index (χ1v) is 6.63. The van der Waals surface area contributed by atoms with E-state index in [4.69, 9.17) is 0 Å². The van der Waals surface area contributed by atoms with Gasteiger partial charge in [0.05, 0.1) is 18.6 Å². The molecule has 1 heterocycles. The molecular formula is C13H14BrN3. The minimum Gasteiger partial charge on any atom is -0.378 e. The summed E-state index contributed by atoms with van der Waals surface area (Å²) in [5.41, 5.74) is 2.37. The Hall–Kier alpha value is -1.29. The zero-order valence-corrected chi connectivity index (χ0v) is 11.0. The highest BCUT2D eigenvalue weighted by Crippen LogP contribution is 2.35. The smallest absolute Gasteiger partial charge is 0.0951 e. The van der Waals surface area contributed by atoms with Gasteiger partial charge in [-0.1, -0.05) is 12.1 Å². The molecule has 0 amide bonds. The molecule has 88 valence electrons. The van der Waals surface area contributed by atoms with Gasteiger partial charge in [-0.3, -0.25) is 0 Å². The van der Waals surface area contributed by atoms with Crippen molar-refractivity contribution in [2.24, 2.45) is 0 Å². The highest BCUT2D eigenvalue weighted by atomic mass is 79.9. The summed E-state index contributed by atoms with van der Waals surface area (Å²) < 4.78 is 3.38. The van der Waals surface area contributed by atoms with Crippen molar-refractivity contribution in [1.29, 1.82) is 0 Å². The largest absolute Gasteiger partial charge is 0.378 e. The summed E-state index contributed by atoms with van der Waals surface area (Å²) in [4.78, 5) is 4.23. The van der Waals surface area contributed by atoms with Crippen molar-refractivity contribution in [1.82, 2.24) is 9.55 Å². The van der Waals surface area contributed by atoms with Crippen LogP contribution in [0.1, 0.15) is 24.6 Å². The molecule has 0 saturated heterocycles. The molecule has 4 heteroatoms. The number of halogens is 1. The van der Waals surface area contributed by atoms with E-state index >= 15 is 0 Å². The molecular weight excluding hydrogens is 278 g/mol. The normalized spacial score (nSPS) is 14.9. The van der Waals surface area contributed by atoms with Crippen LogP contribution in [0.15, 0.2) is 41.3 Å². The van der Waals surface area contributed by atoms with E-state index in [-0.39, 0.29) is 0 Å². The van der Waals surface area contributed by atoms with Crippen LogP contribution in [-0.2, 0) is 6.54 Å². The lowest BCUT2D eigenvalue weighted by Gasteiger charge is -2.10. The van der Waals surface area contributed by atoms with Crippen molar-refractivity contribution < 1.29 is 0 Å². The van der Waals surface area contributed by atoms with Gasteiger partial charge in [-0.25, -0.2) is 4.98 Å². The number of benzene rings is 1. The number of para-hydroxylation sites is 1. The van der Waals surface area contributed by atoms with Gasteiger partial charge in [-0.2, -0.15) is 0 Å². The summed E-state index contributed by atoms with van der Waals surface area (Å²) in [6.07, 6.45) is 6.47. The topological polar surface area (TPSA) is 29.9 Å². The van der Waals surface area contributed by atoms with Crippen LogP contribution in [0, 0.1) is 0 Å². The second-order valence-corrected chi connectivity index (χ2v) is 5.21. The number of aromatic nitrogens is 2. The predicted molar refractivity (Wildman–Crippen MR) is 72.0 cm³/mol. The second kappa shape index (κ2) is 4.53. The Morgan fingerprint density at radius 3 is 2.94 bits per heavy atom. The monoisotopic (exact) mass is 291 g/mol. The van der Waals surface area contributed by atoms with Crippen LogP contribution in [0.25, 0.3) is 0 Å². The van der Waals surface area contributed by atoms with E-state index in [2.05, 4.69) is 36.9 Å². The molecule has 1 saturated carbocycles. The Morgan fingerprint density at radius 2 is 2.18 bits per heavy atom. The van der Waals surface area contributed by atoms with Gasteiger partial charge in [0, 0.05) is 22.4 Å². The minimum absolute atomic E-state index is 0.688. The molecule has 1 N–H and O–H groups in total. The summed E-state index contributed by atoms with van der Waals surface area (Å²) >= 11 is 3.54. The molecule has 3 nitrogen and oxygen atoms in total. The van der Waals surface area contributed by atoms with Crippen LogP contribution in [0.3, 0.4) is 0 Å². The molecule has 3 rings (SSSR count). The first kappa shape index (κ1) is 10.8. The molecule has 0 bridgehead atoms. The van der Waals surface area contributed by atoms with E-state index in [0.29, 0.717) is 6.04 Å². The Balaban J connectivity index is 1.71. The molecule has 17 heavy (non-hydrogen) atoms. The van der Waals surface area contributed by atoms with E-state index in [1.54, 1.807) is 0 Å². The lowest BCUT2D eigenvalue weighted by molar-refractivity contribution is 0.701. The fourth-order valence-electron chi connectivity index (χ4n) is 1.94. The average molecular weight is 292 g/mol. The van der Waals surface area contributed by atoms with Gasteiger partial charge in [0.2, 0.25) is 0 Å². The zero-order chi connectivity index (χ0) is 11.7. The summed E-state index contributed by atoms with van der Waals surface area (Å²) in [7, 11) is 0. The van der Waals surface area contributed by atoms with Gasteiger partial charge in [-0.05, 0) is 40.9 Å².